The van der Waals surface area contributed by atoms with Crippen LogP contribution in [0.5, 0.6) is 11.5 Å². The Balaban J connectivity index is 1.63. The standard InChI is InChI=1S/C24H17FO4/c1-14-6-3-4-7-16(14)13-21-22(26)19-10-11-20(15(2)23(19)28-21)29-24(27)17-8-5-9-18(25)12-17/h3-13H,1-2H3/b21-13-. The molecule has 3 aromatic carbocycles. The summed E-state index contributed by atoms with van der Waals surface area (Å²) in [6.45, 7) is 3.66. The van der Waals surface area contributed by atoms with Crippen molar-refractivity contribution < 1.29 is 23.5 Å². The van der Waals surface area contributed by atoms with Crippen LogP contribution in [0.3, 0.4) is 0 Å². The first-order chi connectivity index (χ1) is 13.9. The number of hydrogen-bond donors (Lipinski definition) is 0. The van der Waals surface area contributed by atoms with E-state index in [-0.39, 0.29) is 22.9 Å². The number of aryl methyl sites for hydroxylation is 1. The minimum atomic E-state index is -0.687. The van der Waals surface area contributed by atoms with Crippen molar-refractivity contribution in [1.29, 1.82) is 0 Å². The highest BCUT2D eigenvalue weighted by Crippen LogP contribution is 2.39. The molecule has 4 nitrogen and oxygen atoms in total. The number of carbonyl (C=O) groups is 2. The zero-order valence-corrected chi connectivity index (χ0v) is 15.9. The summed E-state index contributed by atoms with van der Waals surface area (Å²) >= 11 is 0. The number of carbonyl (C=O) groups excluding carboxylic acids is 2. The molecule has 0 saturated heterocycles. The zero-order chi connectivity index (χ0) is 20.5. The van der Waals surface area contributed by atoms with Crippen molar-refractivity contribution in [3.05, 3.63) is 100 Å². The summed E-state index contributed by atoms with van der Waals surface area (Å²) in [6.07, 6.45) is 1.70. The van der Waals surface area contributed by atoms with E-state index in [4.69, 9.17) is 9.47 Å². The minimum absolute atomic E-state index is 0.0991. The molecule has 5 heteroatoms. The first kappa shape index (κ1) is 18.6. The molecular weight excluding hydrogens is 371 g/mol. The lowest BCUT2D eigenvalue weighted by atomic mass is 10.0. The van der Waals surface area contributed by atoms with Crippen molar-refractivity contribution >= 4 is 17.8 Å². The number of halogens is 1. The Morgan fingerprint density at radius 1 is 1.03 bits per heavy atom. The van der Waals surface area contributed by atoms with E-state index in [1.807, 2.05) is 31.2 Å². The second-order valence-electron chi connectivity index (χ2n) is 6.76. The SMILES string of the molecule is Cc1ccccc1/C=C1\Oc2c(ccc(OC(=O)c3cccc(F)c3)c2C)C1=O. The average Bonchev–Trinajstić information content (AvgIpc) is 3.02. The summed E-state index contributed by atoms with van der Waals surface area (Å²) in [5.41, 5.74) is 2.94. The van der Waals surface area contributed by atoms with Crippen LogP contribution in [0.1, 0.15) is 37.4 Å². The van der Waals surface area contributed by atoms with Gasteiger partial charge in [-0.05, 0) is 61.4 Å². The predicted octanol–water partition coefficient (Wildman–Crippen LogP) is 5.28. The molecule has 3 aromatic rings. The summed E-state index contributed by atoms with van der Waals surface area (Å²) in [7, 11) is 0. The van der Waals surface area contributed by atoms with E-state index < -0.39 is 11.8 Å². The maximum absolute atomic E-state index is 13.3. The number of esters is 1. The monoisotopic (exact) mass is 388 g/mol. The van der Waals surface area contributed by atoms with Crippen molar-refractivity contribution in [2.45, 2.75) is 13.8 Å². The van der Waals surface area contributed by atoms with Gasteiger partial charge in [-0.1, -0.05) is 30.3 Å². The van der Waals surface area contributed by atoms with Crippen LogP contribution in [-0.4, -0.2) is 11.8 Å². The molecule has 4 rings (SSSR count). The van der Waals surface area contributed by atoms with E-state index in [1.165, 1.54) is 18.2 Å². The number of ether oxygens (including phenoxy) is 2. The fourth-order valence-corrected chi connectivity index (χ4v) is 3.14. The van der Waals surface area contributed by atoms with Gasteiger partial charge in [0.25, 0.3) is 0 Å². The first-order valence-corrected chi connectivity index (χ1v) is 9.05. The molecule has 0 amide bonds. The molecule has 1 aliphatic rings. The van der Waals surface area contributed by atoms with Gasteiger partial charge in [-0.3, -0.25) is 4.79 Å². The van der Waals surface area contributed by atoms with E-state index in [9.17, 15) is 14.0 Å². The summed E-state index contributed by atoms with van der Waals surface area (Å²) in [5, 5.41) is 0. The zero-order valence-electron chi connectivity index (χ0n) is 15.9. The van der Waals surface area contributed by atoms with Gasteiger partial charge < -0.3 is 9.47 Å². The van der Waals surface area contributed by atoms with Crippen LogP contribution in [0, 0.1) is 19.7 Å². The van der Waals surface area contributed by atoms with Gasteiger partial charge in [-0.15, -0.1) is 0 Å². The Kier molecular flexibility index (Phi) is 4.72. The Hall–Kier alpha value is -3.73. The number of Topliss-reactive ketones (excluding diaryl/α,β-unsaturated/α-hetero) is 1. The van der Waals surface area contributed by atoms with Crippen molar-refractivity contribution in [3.8, 4) is 11.5 Å². The van der Waals surface area contributed by atoms with Crippen LogP contribution in [0.25, 0.3) is 6.08 Å². The molecular formula is C24H17FO4. The largest absolute Gasteiger partial charge is 0.452 e. The predicted molar refractivity (Wildman–Crippen MR) is 107 cm³/mol. The van der Waals surface area contributed by atoms with Crippen LogP contribution in [0.15, 0.2) is 66.4 Å². The lowest BCUT2D eigenvalue weighted by molar-refractivity contribution is 0.0732. The van der Waals surface area contributed by atoms with E-state index in [1.54, 1.807) is 25.1 Å². The van der Waals surface area contributed by atoms with Gasteiger partial charge in [0, 0.05) is 5.56 Å². The second kappa shape index (κ2) is 7.36. The van der Waals surface area contributed by atoms with Gasteiger partial charge in [0.05, 0.1) is 11.1 Å². The minimum Gasteiger partial charge on any atom is -0.452 e. The molecule has 29 heavy (non-hydrogen) atoms. The van der Waals surface area contributed by atoms with E-state index in [0.29, 0.717) is 16.9 Å². The van der Waals surface area contributed by atoms with E-state index in [2.05, 4.69) is 0 Å². The third kappa shape index (κ3) is 3.55. The quantitative estimate of drug-likeness (QED) is 0.348. The molecule has 0 saturated carbocycles. The number of ketones is 1. The van der Waals surface area contributed by atoms with Crippen molar-refractivity contribution in [3.63, 3.8) is 0 Å². The molecule has 0 bridgehead atoms. The van der Waals surface area contributed by atoms with Crippen molar-refractivity contribution in [1.82, 2.24) is 0 Å². The first-order valence-electron chi connectivity index (χ1n) is 9.05. The molecule has 0 spiro atoms. The number of rotatable bonds is 3. The molecule has 0 atom stereocenters. The highest BCUT2D eigenvalue weighted by molar-refractivity contribution is 6.15. The third-order valence-electron chi connectivity index (χ3n) is 4.77. The highest BCUT2D eigenvalue weighted by atomic mass is 19.1. The summed E-state index contributed by atoms with van der Waals surface area (Å²) in [6, 6.07) is 16.0. The van der Waals surface area contributed by atoms with Crippen molar-refractivity contribution in [2.75, 3.05) is 0 Å². The fraction of sp³-hybridized carbons (Fsp3) is 0.0833. The molecule has 144 valence electrons. The summed E-state index contributed by atoms with van der Waals surface area (Å²) in [5.74, 6) is -0.611. The fourth-order valence-electron chi connectivity index (χ4n) is 3.14. The number of hydrogen-bond acceptors (Lipinski definition) is 4. The molecule has 0 fully saturated rings. The molecule has 1 heterocycles. The Morgan fingerprint density at radius 2 is 1.83 bits per heavy atom. The van der Waals surface area contributed by atoms with Gasteiger partial charge >= 0.3 is 5.97 Å². The third-order valence-corrected chi connectivity index (χ3v) is 4.77. The maximum atomic E-state index is 13.3. The molecule has 0 radical (unpaired) electrons. The van der Waals surface area contributed by atoms with Gasteiger partial charge in [-0.25, -0.2) is 9.18 Å². The molecule has 0 aliphatic carbocycles. The number of fused-ring (bicyclic) bond motifs is 1. The van der Waals surface area contributed by atoms with Crippen LogP contribution < -0.4 is 9.47 Å². The number of allylic oxidation sites excluding steroid dienone is 1. The lowest BCUT2D eigenvalue weighted by Crippen LogP contribution is -2.09. The van der Waals surface area contributed by atoms with Gasteiger partial charge in [0.1, 0.15) is 17.3 Å². The van der Waals surface area contributed by atoms with Crippen LogP contribution >= 0.6 is 0 Å². The van der Waals surface area contributed by atoms with Gasteiger partial charge in [0.15, 0.2) is 5.76 Å². The Morgan fingerprint density at radius 3 is 2.59 bits per heavy atom. The summed E-state index contributed by atoms with van der Waals surface area (Å²) < 4.78 is 24.6. The van der Waals surface area contributed by atoms with Crippen LogP contribution in [0.4, 0.5) is 4.39 Å². The van der Waals surface area contributed by atoms with Crippen LogP contribution in [-0.2, 0) is 0 Å². The molecule has 0 N–H and O–H groups in total. The Labute approximate surface area is 167 Å². The summed E-state index contributed by atoms with van der Waals surface area (Å²) in [4.78, 5) is 25.0. The molecule has 0 aromatic heterocycles. The lowest BCUT2D eigenvalue weighted by Gasteiger charge is -2.10. The average molecular weight is 388 g/mol. The van der Waals surface area contributed by atoms with Gasteiger partial charge in [-0.2, -0.15) is 0 Å². The van der Waals surface area contributed by atoms with E-state index in [0.717, 1.165) is 17.2 Å². The molecule has 0 unspecified atom stereocenters. The second-order valence-corrected chi connectivity index (χ2v) is 6.76. The normalized spacial score (nSPS) is 13.9. The van der Waals surface area contributed by atoms with Crippen molar-refractivity contribution in [2.24, 2.45) is 0 Å². The topological polar surface area (TPSA) is 52.6 Å². The highest BCUT2D eigenvalue weighted by Gasteiger charge is 2.30. The smallest absolute Gasteiger partial charge is 0.343 e. The van der Waals surface area contributed by atoms with Gasteiger partial charge in [0.2, 0.25) is 5.78 Å². The maximum Gasteiger partial charge on any atom is 0.343 e. The number of benzene rings is 3. The van der Waals surface area contributed by atoms with Crippen LogP contribution in [0.2, 0.25) is 0 Å². The molecule has 1 aliphatic heterocycles. The van der Waals surface area contributed by atoms with E-state index >= 15 is 0 Å². The Bertz CT molecular complexity index is 1180.